The molecule has 2 saturated heterocycles. The summed E-state index contributed by atoms with van der Waals surface area (Å²) in [6, 6.07) is 0. The van der Waals surface area contributed by atoms with Gasteiger partial charge in [0.15, 0.2) is 0 Å². The molecule has 2 heterocycles. The van der Waals surface area contributed by atoms with Crippen molar-refractivity contribution in [2.45, 2.75) is 18.1 Å². The lowest BCUT2D eigenvalue weighted by atomic mass is 9.95. The molecule has 0 bridgehead atoms. The highest BCUT2D eigenvalue weighted by molar-refractivity contribution is 5.03. The van der Waals surface area contributed by atoms with Crippen molar-refractivity contribution in [2.75, 3.05) is 33.9 Å². The molecule has 0 amide bonds. The number of hydrogen-bond acceptors (Lipinski definition) is 3. The van der Waals surface area contributed by atoms with Gasteiger partial charge < -0.3 is 14.4 Å². The van der Waals surface area contributed by atoms with Crippen LogP contribution in [0.3, 0.4) is 0 Å². The fourth-order valence-corrected chi connectivity index (χ4v) is 1.79. The van der Waals surface area contributed by atoms with Gasteiger partial charge in [-0.15, -0.1) is 0 Å². The van der Waals surface area contributed by atoms with Crippen LogP contribution in [0.4, 0.5) is 0 Å². The molecule has 64 valence electrons. The Bertz CT molecular complexity index is 156. The Morgan fingerprint density at radius 2 is 2.36 bits per heavy atom. The van der Waals surface area contributed by atoms with Gasteiger partial charge in [0, 0.05) is 20.2 Å². The Kier molecular flexibility index (Phi) is 1.67. The van der Waals surface area contributed by atoms with Crippen molar-refractivity contribution in [3.63, 3.8) is 0 Å². The van der Waals surface area contributed by atoms with Crippen LogP contribution in [0.25, 0.3) is 0 Å². The zero-order chi connectivity index (χ0) is 7.90. The topological polar surface area (TPSA) is 25.0 Å². The zero-order valence-corrected chi connectivity index (χ0v) is 7.17. The fourth-order valence-electron chi connectivity index (χ4n) is 1.79. The third-order valence-electron chi connectivity index (χ3n) is 2.78. The summed E-state index contributed by atoms with van der Waals surface area (Å²) in [5, 5.41) is 0. The van der Waals surface area contributed by atoms with Gasteiger partial charge >= 0.3 is 0 Å². The van der Waals surface area contributed by atoms with E-state index in [-0.39, 0.29) is 5.60 Å². The van der Waals surface area contributed by atoms with Crippen molar-refractivity contribution >= 4 is 0 Å². The Labute approximate surface area is 67.3 Å². The van der Waals surface area contributed by atoms with E-state index < -0.39 is 0 Å². The first kappa shape index (κ1) is 7.53. The molecule has 2 atom stereocenters. The van der Waals surface area contributed by atoms with Crippen molar-refractivity contribution < 1.29 is 9.47 Å². The summed E-state index contributed by atoms with van der Waals surface area (Å²) in [7, 11) is 3.90. The molecular weight excluding hydrogens is 142 g/mol. The summed E-state index contributed by atoms with van der Waals surface area (Å²) in [5.41, 5.74) is 0.112. The summed E-state index contributed by atoms with van der Waals surface area (Å²) < 4.78 is 10.8. The van der Waals surface area contributed by atoms with Crippen LogP contribution in [-0.4, -0.2) is 50.5 Å². The van der Waals surface area contributed by atoms with E-state index in [4.69, 9.17) is 9.47 Å². The van der Waals surface area contributed by atoms with Crippen LogP contribution >= 0.6 is 0 Å². The molecule has 11 heavy (non-hydrogen) atoms. The highest BCUT2D eigenvalue weighted by Crippen LogP contribution is 2.38. The van der Waals surface area contributed by atoms with Crippen LogP contribution in [0.2, 0.25) is 0 Å². The molecule has 0 aromatic rings. The average Bonchev–Trinajstić information content (AvgIpc) is 2.76. The Hall–Kier alpha value is -0.120. The quantitative estimate of drug-likeness (QED) is 0.505. The molecule has 2 aliphatic heterocycles. The minimum absolute atomic E-state index is 0.112. The van der Waals surface area contributed by atoms with E-state index in [1.165, 1.54) is 0 Å². The van der Waals surface area contributed by atoms with Gasteiger partial charge in [-0.1, -0.05) is 0 Å². The number of nitrogens with zero attached hydrogens (tertiary/aromatic N) is 1. The summed E-state index contributed by atoms with van der Waals surface area (Å²) >= 11 is 0. The second-order valence-electron chi connectivity index (χ2n) is 3.59. The van der Waals surface area contributed by atoms with Crippen molar-refractivity contribution in [2.24, 2.45) is 0 Å². The molecule has 0 aromatic heterocycles. The number of likely N-dealkylation sites (tertiary alicyclic amines) is 1. The van der Waals surface area contributed by atoms with Crippen LogP contribution in [0, 0.1) is 0 Å². The largest absolute Gasteiger partial charge is 0.377 e. The number of piperidine rings is 1. The van der Waals surface area contributed by atoms with Crippen molar-refractivity contribution in [1.82, 2.24) is 4.90 Å². The molecule has 1 spiro atoms. The van der Waals surface area contributed by atoms with Crippen LogP contribution in [0.1, 0.15) is 6.42 Å². The van der Waals surface area contributed by atoms with Crippen LogP contribution in [-0.2, 0) is 9.47 Å². The van der Waals surface area contributed by atoms with Gasteiger partial charge in [-0.25, -0.2) is 0 Å². The van der Waals surface area contributed by atoms with Gasteiger partial charge in [-0.05, 0) is 13.5 Å². The van der Waals surface area contributed by atoms with Crippen molar-refractivity contribution in [1.29, 1.82) is 0 Å². The molecule has 2 unspecified atom stereocenters. The SMILES string of the molecule is COC1CN(C)CCC12CO2. The maximum atomic E-state index is 5.44. The van der Waals surface area contributed by atoms with Gasteiger partial charge in [0.05, 0.1) is 6.61 Å². The van der Waals surface area contributed by atoms with Crippen LogP contribution in [0.15, 0.2) is 0 Å². The highest BCUT2D eigenvalue weighted by Gasteiger charge is 2.53. The van der Waals surface area contributed by atoms with Gasteiger partial charge in [-0.2, -0.15) is 0 Å². The number of ether oxygens (including phenoxy) is 2. The second-order valence-corrected chi connectivity index (χ2v) is 3.59. The molecule has 0 aliphatic carbocycles. The maximum Gasteiger partial charge on any atom is 0.120 e. The maximum absolute atomic E-state index is 5.44. The minimum Gasteiger partial charge on any atom is -0.377 e. The first-order valence-electron chi connectivity index (χ1n) is 4.12. The summed E-state index contributed by atoms with van der Waals surface area (Å²) in [4.78, 5) is 2.29. The predicted octanol–water partition coefficient (Wildman–Crippen LogP) is 0.106. The fraction of sp³-hybridized carbons (Fsp3) is 1.00. The number of likely N-dealkylation sites (N-methyl/N-ethyl adjacent to an activating group) is 1. The first-order chi connectivity index (χ1) is 5.27. The summed E-state index contributed by atoms with van der Waals surface area (Å²) in [5.74, 6) is 0. The standard InChI is InChI=1S/C8H15NO2/c1-9-4-3-8(6-11-8)7(5-9)10-2/h7H,3-6H2,1-2H3. The zero-order valence-electron chi connectivity index (χ0n) is 7.17. The summed E-state index contributed by atoms with van der Waals surface area (Å²) in [6.07, 6.45) is 1.42. The van der Waals surface area contributed by atoms with E-state index in [0.29, 0.717) is 6.10 Å². The van der Waals surface area contributed by atoms with Crippen LogP contribution in [0.5, 0.6) is 0 Å². The van der Waals surface area contributed by atoms with E-state index in [2.05, 4.69) is 11.9 Å². The van der Waals surface area contributed by atoms with Gasteiger partial charge in [0.1, 0.15) is 11.7 Å². The lowest BCUT2D eigenvalue weighted by Gasteiger charge is -2.33. The number of methoxy groups -OCH3 is 1. The number of epoxide rings is 1. The highest BCUT2D eigenvalue weighted by atomic mass is 16.6. The molecule has 2 fully saturated rings. The lowest BCUT2D eigenvalue weighted by Crippen LogP contribution is -2.48. The normalized spacial score (nSPS) is 44.7. The first-order valence-corrected chi connectivity index (χ1v) is 4.12. The molecule has 2 rings (SSSR count). The van der Waals surface area contributed by atoms with Gasteiger partial charge in [0.2, 0.25) is 0 Å². The number of rotatable bonds is 1. The predicted molar refractivity (Wildman–Crippen MR) is 41.6 cm³/mol. The third-order valence-corrected chi connectivity index (χ3v) is 2.78. The third kappa shape index (κ3) is 1.17. The Morgan fingerprint density at radius 1 is 1.64 bits per heavy atom. The molecular formula is C8H15NO2. The molecule has 2 aliphatic rings. The molecule has 3 nitrogen and oxygen atoms in total. The van der Waals surface area contributed by atoms with Crippen LogP contribution < -0.4 is 0 Å². The lowest BCUT2D eigenvalue weighted by molar-refractivity contribution is -0.0210. The minimum atomic E-state index is 0.112. The second kappa shape index (κ2) is 2.44. The van der Waals surface area contributed by atoms with E-state index >= 15 is 0 Å². The molecule has 0 saturated carbocycles. The van der Waals surface area contributed by atoms with E-state index in [1.807, 2.05) is 0 Å². The smallest absolute Gasteiger partial charge is 0.120 e. The van der Waals surface area contributed by atoms with Crippen molar-refractivity contribution in [3.8, 4) is 0 Å². The van der Waals surface area contributed by atoms with E-state index in [1.54, 1.807) is 7.11 Å². The molecule has 0 N–H and O–H groups in total. The molecule has 3 heteroatoms. The molecule has 0 aromatic carbocycles. The van der Waals surface area contributed by atoms with Gasteiger partial charge in [0.25, 0.3) is 0 Å². The Balaban J connectivity index is 2.01. The van der Waals surface area contributed by atoms with Crippen molar-refractivity contribution in [3.05, 3.63) is 0 Å². The summed E-state index contributed by atoms with van der Waals surface area (Å²) in [6.45, 7) is 3.05. The Morgan fingerprint density at radius 3 is 2.91 bits per heavy atom. The van der Waals surface area contributed by atoms with Gasteiger partial charge in [-0.3, -0.25) is 0 Å². The van der Waals surface area contributed by atoms with E-state index in [0.717, 1.165) is 26.1 Å². The monoisotopic (exact) mass is 157 g/mol. The number of hydrogen-bond donors (Lipinski definition) is 0. The average molecular weight is 157 g/mol. The van der Waals surface area contributed by atoms with E-state index in [9.17, 15) is 0 Å². The molecule has 0 radical (unpaired) electrons.